The highest BCUT2D eigenvalue weighted by atomic mass is 19.4. The third kappa shape index (κ3) is 5.51. The summed E-state index contributed by atoms with van der Waals surface area (Å²) in [6.07, 6.45) is -3.74. The van der Waals surface area contributed by atoms with Crippen LogP contribution in [0.1, 0.15) is 11.3 Å². The molecule has 4 nitrogen and oxygen atoms in total. The first-order valence-electron chi connectivity index (χ1n) is 6.61. The van der Waals surface area contributed by atoms with Crippen molar-refractivity contribution in [1.29, 1.82) is 0 Å². The summed E-state index contributed by atoms with van der Waals surface area (Å²) in [5, 5.41) is 5.42. The molecule has 118 valence electrons. The van der Waals surface area contributed by atoms with Crippen molar-refractivity contribution in [2.24, 2.45) is 0 Å². The molecule has 22 heavy (non-hydrogen) atoms. The van der Waals surface area contributed by atoms with Crippen LogP contribution in [-0.4, -0.2) is 18.6 Å². The molecule has 0 unspecified atom stereocenters. The number of halogens is 3. The highest BCUT2D eigenvalue weighted by Gasteiger charge is 2.27. The summed E-state index contributed by atoms with van der Waals surface area (Å²) in [4.78, 5) is 11.6. The summed E-state index contributed by atoms with van der Waals surface area (Å²) in [6, 6.07) is 9.35. The first-order chi connectivity index (χ1) is 10.4. The van der Waals surface area contributed by atoms with Gasteiger partial charge >= 0.3 is 6.18 Å². The van der Waals surface area contributed by atoms with Crippen LogP contribution < -0.4 is 10.6 Å². The first kappa shape index (κ1) is 15.9. The zero-order chi connectivity index (χ0) is 16.0. The molecule has 0 radical (unpaired) electrons. The van der Waals surface area contributed by atoms with Crippen molar-refractivity contribution in [3.05, 3.63) is 54.0 Å². The molecule has 0 atom stereocenters. The summed E-state index contributed by atoms with van der Waals surface area (Å²) in [6.45, 7) is 0.234. The Morgan fingerprint density at radius 3 is 2.68 bits per heavy atom. The fourth-order valence-electron chi connectivity index (χ4n) is 1.87. The van der Waals surface area contributed by atoms with Crippen LogP contribution in [0.2, 0.25) is 0 Å². The standard InChI is InChI=1S/C15H15F3N2O2/c16-15(17,18)8-11-3-1-4-12(7-11)19-10-14(21)20-9-13-5-2-6-22-13/h1-7,19H,8-10H2,(H,20,21). The Bertz CT molecular complexity index is 610. The summed E-state index contributed by atoms with van der Waals surface area (Å²) in [5.41, 5.74) is 0.614. The number of hydrogen-bond acceptors (Lipinski definition) is 3. The lowest BCUT2D eigenvalue weighted by molar-refractivity contribution is -0.127. The van der Waals surface area contributed by atoms with Crippen molar-refractivity contribution < 1.29 is 22.4 Å². The number of nitrogens with one attached hydrogen (secondary N) is 2. The van der Waals surface area contributed by atoms with E-state index in [-0.39, 0.29) is 24.6 Å². The molecule has 1 amide bonds. The van der Waals surface area contributed by atoms with Crippen molar-refractivity contribution in [2.75, 3.05) is 11.9 Å². The Morgan fingerprint density at radius 2 is 2.00 bits per heavy atom. The van der Waals surface area contributed by atoms with Gasteiger partial charge in [-0.25, -0.2) is 0 Å². The van der Waals surface area contributed by atoms with Crippen LogP contribution in [0.4, 0.5) is 18.9 Å². The Morgan fingerprint density at radius 1 is 1.18 bits per heavy atom. The largest absolute Gasteiger partial charge is 0.467 e. The number of alkyl halides is 3. The van der Waals surface area contributed by atoms with Crippen molar-refractivity contribution in [1.82, 2.24) is 5.32 Å². The highest BCUT2D eigenvalue weighted by Crippen LogP contribution is 2.22. The van der Waals surface area contributed by atoms with Gasteiger partial charge in [-0.15, -0.1) is 0 Å². The van der Waals surface area contributed by atoms with Gasteiger partial charge in [0.15, 0.2) is 0 Å². The van der Waals surface area contributed by atoms with Crippen LogP contribution >= 0.6 is 0 Å². The van der Waals surface area contributed by atoms with E-state index in [1.807, 2.05) is 0 Å². The zero-order valence-corrected chi connectivity index (χ0v) is 11.6. The maximum Gasteiger partial charge on any atom is 0.393 e. The predicted octanol–water partition coefficient (Wildman–Crippen LogP) is 3.11. The molecule has 1 heterocycles. The normalized spacial score (nSPS) is 11.2. The monoisotopic (exact) mass is 312 g/mol. The van der Waals surface area contributed by atoms with E-state index < -0.39 is 12.6 Å². The Labute approximate surface area is 125 Å². The van der Waals surface area contributed by atoms with Crippen molar-refractivity contribution in [2.45, 2.75) is 19.1 Å². The number of carbonyl (C=O) groups is 1. The fourth-order valence-corrected chi connectivity index (χ4v) is 1.87. The molecule has 7 heteroatoms. The second-order valence-corrected chi connectivity index (χ2v) is 4.70. The molecule has 2 rings (SSSR count). The first-order valence-corrected chi connectivity index (χ1v) is 6.61. The van der Waals surface area contributed by atoms with Crippen molar-refractivity contribution in [3.8, 4) is 0 Å². The SMILES string of the molecule is O=C(CNc1cccc(CC(F)(F)F)c1)NCc1ccco1. The molecule has 0 aliphatic rings. The van der Waals surface area contributed by atoms with Crippen LogP contribution in [0.3, 0.4) is 0 Å². The van der Waals surface area contributed by atoms with Gasteiger partial charge < -0.3 is 15.1 Å². The zero-order valence-electron chi connectivity index (χ0n) is 11.6. The van der Waals surface area contributed by atoms with Gasteiger partial charge in [0.1, 0.15) is 5.76 Å². The van der Waals surface area contributed by atoms with Crippen LogP contribution in [0.25, 0.3) is 0 Å². The molecule has 0 bridgehead atoms. The lowest BCUT2D eigenvalue weighted by Crippen LogP contribution is -2.29. The Balaban J connectivity index is 1.80. The second kappa shape index (κ2) is 7.02. The summed E-state index contributed by atoms with van der Waals surface area (Å²) in [7, 11) is 0. The van der Waals surface area contributed by atoms with Gasteiger partial charge in [-0.05, 0) is 29.8 Å². The molecule has 0 aliphatic carbocycles. The lowest BCUT2D eigenvalue weighted by Gasteiger charge is -2.10. The van der Waals surface area contributed by atoms with E-state index in [9.17, 15) is 18.0 Å². The molecule has 2 aromatic rings. The van der Waals surface area contributed by atoms with E-state index in [1.165, 1.54) is 24.5 Å². The molecule has 1 aromatic carbocycles. The van der Waals surface area contributed by atoms with Gasteiger partial charge in [0.2, 0.25) is 5.91 Å². The number of rotatable bonds is 6. The quantitative estimate of drug-likeness (QED) is 0.862. The van der Waals surface area contributed by atoms with Crippen LogP contribution in [0, 0.1) is 0 Å². The third-order valence-corrected chi connectivity index (χ3v) is 2.82. The van der Waals surface area contributed by atoms with Gasteiger partial charge in [0, 0.05) is 5.69 Å². The topological polar surface area (TPSA) is 54.3 Å². The van der Waals surface area contributed by atoms with Gasteiger partial charge in [-0.1, -0.05) is 12.1 Å². The van der Waals surface area contributed by atoms with Crippen LogP contribution in [0.5, 0.6) is 0 Å². The Kier molecular flexibility index (Phi) is 5.08. The number of furan rings is 1. The number of hydrogen-bond donors (Lipinski definition) is 2. The predicted molar refractivity (Wildman–Crippen MR) is 75.2 cm³/mol. The molecule has 1 aromatic heterocycles. The Hall–Kier alpha value is -2.44. The minimum absolute atomic E-state index is 0.0316. The van der Waals surface area contributed by atoms with E-state index in [4.69, 9.17) is 4.42 Å². The van der Waals surface area contributed by atoms with E-state index in [1.54, 1.807) is 18.2 Å². The summed E-state index contributed by atoms with van der Waals surface area (Å²) >= 11 is 0. The van der Waals surface area contributed by atoms with E-state index in [2.05, 4.69) is 10.6 Å². The molecular formula is C15H15F3N2O2. The third-order valence-electron chi connectivity index (χ3n) is 2.82. The van der Waals surface area contributed by atoms with Crippen molar-refractivity contribution >= 4 is 11.6 Å². The van der Waals surface area contributed by atoms with E-state index in [0.717, 1.165) is 0 Å². The molecule has 0 saturated carbocycles. The molecule has 0 fully saturated rings. The molecule has 0 saturated heterocycles. The molecule has 2 N–H and O–H groups in total. The average molecular weight is 312 g/mol. The number of benzene rings is 1. The van der Waals surface area contributed by atoms with Gasteiger partial charge in [-0.3, -0.25) is 4.79 Å². The number of carbonyl (C=O) groups excluding carboxylic acids is 1. The molecule has 0 aliphatic heterocycles. The molecular weight excluding hydrogens is 297 g/mol. The van der Waals surface area contributed by atoms with Crippen molar-refractivity contribution in [3.63, 3.8) is 0 Å². The lowest BCUT2D eigenvalue weighted by atomic mass is 10.1. The van der Waals surface area contributed by atoms with Gasteiger partial charge in [0.05, 0.1) is 25.8 Å². The maximum absolute atomic E-state index is 12.3. The fraction of sp³-hybridized carbons (Fsp3) is 0.267. The van der Waals surface area contributed by atoms with E-state index >= 15 is 0 Å². The minimum Gasteiger partial charge on any atom is -0.467 e. The van der Waals surface area contributed by atoms with Gasteiger partial charge in [0.25, 0.3) is 0 Å². The van der Waals surface area contributed by atoms with Gasteiger partial charge in [-0.2, -0.15) is 13.2 Å². The highest BCUT2D eigenvalue weighted by molar-refractivity contribution is 5.80. The minimum atomic E-state index is -4.25. The average Bonchev–Trinajstić information content (AvgIpc) is 2.95. The molecule has 0 spiro atoms. The van der Waals surface area contributed by atoms with Crippen LogP contribution in [-0.2, 0) is 17.8 Å². The smallest absolute Gasteiger partial charge is 0.393 e. The van der Waals surface area contributed by atoms with Crippen LogP contribution in [0.15, 0.2) is 47.1 Å². The number of anilines is 1. The summed E-state index contributed by atoms with van der Waals surface area (Å²) in [5.74, 6) is 0.346. The second-order valence-electron chi connectivity index (χ2n) is 4.70. The summed E-state index contributed by atoms with van der Waals surface area (Å²) < 4.78 is 42.1. The number of amides is 1. The van der Waals surface area contributed by atoms with E-state index in [0.29, 0.717) is 11.4 Å². The maximum atomic E-state index is 12.3.